The van der Waals surface area contributed by atoms with Crippen molar-refractivity contribution in [1.82, 2.24) is 4.72 Å². The van der Waals surface area contributed by atoms with Gasteiger partial charge in [0.2, 0.25) is 10.0 Å². The van der Waals surface area contributed by atoms with Gasteiger partial charge in [-0.25, -0.2) is 13.1 Å². The average molecular weight is 306 g/mol. The summed E-state index contributed by atoms with van der Waals surface area (Å²) >= 11 is 0. The second-order valence-electron chi connectivity index (χ2n) is 4.69. The van der Waals surface area contributed by atoms with Gasteiger partial charge in [-0.15, -0.1) is 0 Å². The van der Waals surface area contributed by atoms with Gasteiger partial charge in [0.15, 0.2) is 0 Å². The fourth-order valence-electron chi connectivity index (χ4n) is 1.86. The Morgan fingerprint density at radius 2 is 1.95 bits per heavy atom. The lowest BCUT2D eigenvalue weighted by Crippen LogP contribution is -2.23. The van der Waals surface area contributed by atoms with Crippen molar-refractivity contribution in [2.24, 2.45) is 0 Å². The highest BCUT2D eigenvalue weighted by Gasteiger charge is 2.14. The highest BCUT2D eigenvalue weighted by Crippen LogP contribution is 2.18. The number of ether oxygens (including phenoxy) is 1. The first-order chi connectivity index (χ1) is 9.92. The Kier molecular flexibility index (Phi) is 4.50. The van der Waals surface area contributed by atoms with Crippen molar-refractivity contribution < 1.29 is 13.2 Å². The Morgan fingerprint density at radius 1 is 1.19 bits per heavy atom. The van der Waals surface area contributed by atoms with Crippen LogP contribution in [-0.4, -0.2) is 15.5 Å². The Balaban J connectivity index is 2.15. The summed E-state index contributed by atoms with van der Waals surface area (Å²) in [5.41, 5.74) is 7.83. The van der Waals surface area contributed by atoms with Gasteiger partial charge in [-0.2, -0.15) is 0 Å². The predicted molar refractivity (Wildman–Crippen MR) is 82.6 cm³/mol. The predicted octanol–water partition coefficient (Wildman–Crippen LogP) is 2.06. The molecule has 0 unspecified atom stereocenters. The van der Waals surface area contributed by atoms with Crippen LogP contribution in [0.25, 0.3) is 0 Å². The number of anilines is 1. The number of hydrogen-bond donors (Lipinski definition) is 2. The van der Waals surface area contributed by atoms with E-state index in [0.29, 0.717) is 11.4 Å². The molecule has 2 aromatic carbocycles. The van der Waals surface area contributed by atoms with E-state index in [9.17, 15) is 8.42 Å². The average Bonchev–Trinajstić information content (AvgIpc) is 2.48. The van der Waals surface area contributed by atoms with Gasteiger partial charge in [0.25, 0.3) is 0 Å². The minimum absolute atomic E-state index is 0.197. The SMILES string of the molecule is COc1cccc(CNS(=O)(=O)c2ccc(N)c(C)c2)c1. The van der Waals surface area contributed by atoms with E-state index < -0.39 is 10.0 Å². The molecule has 0 aromatic heterocycles. The maximum Gasteiger partial charge on any atom is 0.240 e. The third-order valence-corrected chi connectivity index (χ3v) is 4.55. The number of sulfonamides is 1. The molecule has 112 valence electrons. The fraction of sp³-hybridized carbons (Fsp3) is 0.200. The van der Waals surface area contributed by atoms with E-state index >= 15 is 0 Å². The number of nitrogens with one attached hydrogen (secondary N) is 1. The van der Waals surface area contributed by atoms with E-state index in [1.165, 1.54) is 6.07 Å². The molecule has 0 aliphatic rings. The van der Waals surface area contributed by atoms with Crippen molar-refractivity contribution in [2.75, 3.05) is 12.8 Å². The third-order valence-electron chi connectivity index (χ3n) is 3.15. The summed E-state index contributed by atoms with van der Waals surface area (Å²) < 4.78 is 32.2. The van der Waals surface area contributed by atoms with Gasteiger partial charge in [0.1, 0.15) is 5.75 Å². The molecule has 0 atom stereocenters. The number of hydrogen-bond acceptors (Lipinski definition) is 4. The van der Waals surface area contributed by atoms with E-state index in [2.05, 4.69) is 4.72 Å². The zero-order valence-corrected chi connectivity index (χ0v) is 12.8. The van der Waals surface area contributed by atoms with Crippen LogP contribution >= 0.6 is 0 Å². The highest BCUT2D eigenvalue weighted by molar-refractivity contribution is 7.89. The number of methoxy groups -OCH3 is 1. The summed E-state index contributed by atoms with van der Waals surface area (Å²) in [6, 6.07) is 11.9. The Hall–Kier alpha value is -2.05. The lowest BCUT2D eigenvalue weighted by molar-refractivity contribution is 0.414. The molecule has 0 radical (unpaired) electrons. The standard InChI is InChI=1S/C15H18N2O3S/c1-11-8-14(6-7-15(11)16)21(18,19)17-10-12-4-3-5-13(9-12)20-2/h3-9,17H,10,16H2,1-2H3. The molecule has 0 bridgehead atoms. The third kappa shape index (κ3) is 3.74. The molecule has 0 aliphatic heterocycles. The van der Waals surface area contributed by atoms with Gasteiger partial charge >= 0.3 is 0 Å². The summed E-state index contributed by atoms with van der Waals surface area (Å²) in [5.74, 6) is 0.690. The molecule has 0 fully saturated rings. The molecular formula is C15H18N2O3S. The van der Waals surface area contributed by atoms with Gasteiger partial charge in [0, 0.05) is 12.2 Å². The second kappa shape index (κ2) is 6.15. The molecule has 21 heavy (non-hydrogen) atoms. The zero-order valence-electron chi connectivity index (χ0n) is 12.0. The van der Waals surface area contributed by atoms with Crippen molar-refractivity contribution in [3.05, 3.63) is 53.6 Å². The van der Waals surface area contributed by atoms with E-state index in [1.54, 1.807) is 38.3 Å². The molecule has 0 saturated heterocycles. The first-order valence-electron chi connectivity index (χ1n) is 6.41. The van der Waals surface area contributed by atoms with Crippen molar-refractivity contribution in [1.29, 1.82) is 0 Å². The van der Waals surface area contributed by atoms with Crippen molar-refractivity contribution in [3.8, 4) is 5.75 Å². The maximum atomic E-state index is 12.2. The molecule has 6 heteroatoms. The minimum atomic E-state index is -3.56. The number of aryl methyl sites for hydroxylation is 1. The zero-order chi connectivity index (χ0) is 15.5. The van der Waals surface area contributed by atoms with Crippen LogP contribution in [0, 0.1) is 6.92 Å². The highest BCUT2D eigenvalue weighted by atomic mass is 32.2. The fourth-order valence-corrected chi connectivity index (χ4v) is 2.96. The molecule has 0 spiro atoms. The molecule has 0 heterocycles. The van der Waals surface area contributed by atoms with E-state index in [4.69, 9.17) is 10.5 Å². The maximum absolute atomic E-state index is 12.2. The Morgan fingerprint density at radius 3 is 2.62 bits per heavy atom. The van der Waals surface area contributed by atoms with Crippen LogP contribution in [0.15, 0.2) is 47.4 Å². The molecule has 0 amide bonds. The van der Waals surface area contributed by atoms with Crippen molar-refractivity contribution in [3.63, 3.8) is 0 Å². The van der Waals surface area contributed by atoms with Crippen LogP contribution in [0.1, 0.15) is 11.1 Å². The summed E-state index contributed by atoms with van der Waals surface area (Å²) in [6.07, 6.45) is 0. The first kappa shape index (κ1) is 15.3. The van der Waals surface area contributed by atoms with Gasteiger partial charge in [-0.1, -0.05) is 12.1 Å². The lowest BCUT2D eigenvalue weighted by Gasteiger charge is -2.09. The van der Waals surface area contributed by atoms with Gasteiger partial charge in [0.05, 0.1) is 12.0 Å². The summed E-state index contributed by atoms with van der Waals surface area (Å²) in [5, 5.41) is 0. The van der Waals surface area contributed by atoms with Gasteiger partial charge in [-0.3, -0.25) is 0 Å². The molecule has 2 rings (SSSR count). The topological polar surface area (TPSA) is 81.4 Å². The molecule has 2 aromatic rings. The largest absolute Gasteiger partial charge is 0.497 e. The first-order valence-corrected chi connectivity index (χ1v) is 7.89. The summed E-state index contributed by atoms with van der Waals surface area (Å²) in [6.45, 7) is 1.97. The second-order valence-corrected chi connectivity index (χ2v) is 6.46. The molecule has 3 N–H and O–H groups in total. The van der Waals surface area contributed by atoms with Gasteiger partial charge in [-0.05, 0) is 48.4 Å². The van der Waals surface area contributed by atoms with Gasteiger partial charge < -0.3 is 10.5 Å². The van der Waals surface area contributed by atoms with E-state index in [1.807, 2.05) is 12.1 Å². The number of rotatable bonds is 5. The van der Waals surface area contributed by atoms with Crippen molar-refractivity contribution in [2.45, 2.75) is 18.4 Å². The quantitative estimate of drug-likeness (QED) is 0.829. The number of nitrogen functional groups attached to an aromatic ring is 1. The number of nitrogens with two attached hydrogens (primary N) is 1. The van der Waals surface area contributed by atoms with Crippen LogP contribution in [0.3, 0.4) is 0 Å². The molecular weight excluding hydrogens is 288 g/mol. The van der Waals surface area contributed by atoms with Crippen LogP contribution < -0.4 is 15.2 Å². The summed E-state index contributed by atoms with van der Waals surface area (Å²) in [4.78, 5) is 0.206. The lowest BCUT2D eigenvalue weighted by atomic mass is 10.2. The Bertz CT molecular complexity index is 742. The van der Waals surface area contributed by atoms with E-state index in [0.717, 1.165) is 11.1 Å². The Labute approximate surface area is 124 Å². The number of benzene rings is 2. The monoisotopic (exact) mass is 306 g/mol. The molecule has 0 saturated carbocycles. The van der Waals surface area contributed by atoms with Crippen LogP contribution in [0.5, 0.6) is 5.75 Å². The normalized spacial score (nSPS) is 11.3. The molecule has 5 nitrogen and oxygen atoms in total. The van der Waals surface area contributed by atoms with Crippen molar-refractivity contribution >= 4 is 15.7 Å². The minimum Gasteiger partial charge on any atom is -0.497 e. The van der Waals surface area contributed by atoms with Crippen LogP contribution in [0.2, 0.25) is 0 Å². The van der Waals surface area contributed by atoms with Crippen LogP contribution in [0.4, 0.5) is 5.69 Å². The molecule has 0 aliphatic carbocycles. The van der Waals surface area contributed by atoms with E-state index in [-0.39, 0.29) is 11.4 Å². The van der Waals surface area contributed by atoms with Crippen LogP contribution in [-0.2, 0) is 16.6 Å². The summed E-state index contributed by atoms with van der Waals surface area (Å²) in [7, 11) is -1.99. The smallest absolute Gasteiger partial charge is 0.240 e.